The van der Waals surface area contributed by atoms with E-state index in [0.29, 0.717) is 5.75 Å². The molecule has 1 amide bonds. The SMILES string of the molecule is C[C@@H](OC(=O)/C=C/c1cccc(Oc2ccccc2)c1)C(=O)NC(C)(C)C. The molecule has 0 unspecified atom stereocenters. The van der Waals surface area contributed by atoms with Crippen molar-refractivity contribution < 1.29 is 19.1 Å². The fourth-order valence-electron chi connectivity index (χ4n) is 2.21. The molecule has 0 aliphatic heterocycles. The molecule has 1 N–H and O–H groups in total. The number of para-hydroxylation sites is 1. The van der Waals surface area contributed by atoms with E-state index >= 15 is 0 Å². The van der Waals surface area contributed by atoms with Crippen LogP contribution in [0.1, 0.15) is 33.3 Å². The topological polar surface area (TPSA) is 64.6 Å². The van der Waals surface area contributed by atoms with Gasteiger partial charge in [-0.25, -0.2) is 4.79 Å². The number of rotatable bonds is 6. The summed E-state index contributed by atoms with van der Waals surface area (Å²) in [5, 5.41) is 2.77. The third-order valence-corrected chi connectivity index (χ3v) is 3.41. The summed E-state index contributed by atoms with van der Waals surface area (Å²) in [5.41, 5.74) is 0.402. The molecule has 0 radical (unpaired) electrons. The largest absolute Gasteiger partial charge is 0.457 e. The minimum Gasteiger partial charge on any atom is -0.457 e. The summed E-state index contributed by atoms with van der Waals surface area (Å²) >= 11 is 0. The highest BCUT2D eigenvalue weighted by molar-refractivity contribution is 5.90. The van der Waals surface area contributed by atoms with E-state index in [1.54, 1.807) is 13.0 Å². The van der Waals surface area contributed by atoms with Crippen LogP contribution in [0.5, 0.6) is 11.5 Å². The number of carbonyl (C=O) groups excluding carboxylic acids is 2. The molecule has 2 aromatic rings. The predicted octanol–water partition coefficient (Wildman–Crippen LogP) is 4.34. The molecule has 0 aromatic heterocycles. The fourth-order valence-corrected chi connectivity index (χ4v) is 2.21. The van der Waals surface area contributed by atoms with Crippen LogP contribution in [-0.2, 0) is 14.3 Å². The summed E-state index contributed by atoms with van der Waals surface area (Å²) in [6.45, 7) is 7.14. The predicted molar refractivity (Wildman–Crippen MR) is 105 cm³/mol. The van der Waals surface area contributed by atoms with Crippen LogP contribution in [0.15, 0.2) is 60.7 Å². The van der Waals surface area contributed by atoms with Crippen molar-refractivity contribution in [1.29, 1.82) is 0 Å². The number of nitrogens with one attached hydrogen (secondary N) is 1. The second kappa shape index (κ2) is 9.03. The Hall–Kier alpha value is -3.08. The van der Waals surface area contributed by atoms with Crippen LogP contribution in [0, 0.1) is 0 Å². The first-order chi connectivity index (χ1) is 12.7. The van der Waals surface area contributed by atoms with Crippen molar-refractivity contribution in [3.63, 3.8) is 0 Å². The average molecular weight is 367 g/mol. The number of benzene rings is 2. The van der Waals surface area contributed by atoms with Gasteiger partial charge in [0.2, 0.25) is 0 Å². The number of carbonyl (C=O) groups is 2. The first kappa shape index (κ1) is 20.2. The summed E-state index contributed by atoms with van der Waals surface area (Å²) in [4.78, 5) is 23.9. The molecule has 5 nitrogen and oxygen atoms in total. The molecular weight excluding hydrogens is 342 g/mol. The van der Waals surface area contributed by atoms with Crippen LogP contribution < -0.4 is 10.1 Å². The fraction of sp³-hybridized carbons (Fsp3) is 0.273. The van der Waals surface area contributed by atoms with Crippen LogP contribution in [0.25, 0.3) is 6.08 Å². The Morgan fingerprint density at radius 3 is 2.33 bits per heavy atom. The van der Waals surface area contributed by atoms with Crippen molar-refractivity contribution >= 4 is 18.0 Å². The molecule has 1 atom stereocenters. The minimum absolute atomic E-state index is 0.331. The molecule has 27 heavy (non-hydrogen) atoms. The standard InChI is InChI=1S/C22H25NO4/c1-16(21(25)23-22(2,3)4)26-20(24)14-13-17-9-8-12-19(15-17)27-18-10-6-5-7-11-18/h5-16H,1-4H3,(H,23,25)/b14-13+/t16-/m1/s1. The molecule has 0 saturated heterocycles. The van der Waals surface area contributed by atoms with Gasteiger partial charge in [-0.05, 0) is 63.6 Å². The second-order valence-corrected chi connectivity index (χ2v) is 7.14. The highest BCUT2D eigenvalue weighted by atomic mass is 16.5. The highest BCUT2D eigenvalue weighted by Gasteiger charge is 2.21. The number of hydrogen-bond donors (Lipinski definition) is 1. The van der Waals surface area contributed by atoms with E-state index in [9.17, 15) is 9.59 Å². The first-order valence-corrected chi connectivity index (χ1v) is 8.77. The van der Waals surface area contributed by atoms with Gasteiger partial charge in [0.15, 0.2) is 6.10 Å². The van der Waals surface area contributed by atoms with Gasteiger partial charge in [-0.3, -0.25) is 4.79 Å². The Morgan fingerprint density at radius 1 is 1.00 bits per heavy atom. The molecule has 2 rings (SSSR count). The maximum atomic E-state index is 12.0. The van der Waals surface area contributed by atoms with Crippen molar-refractivity contribution in [1.82, 2.24) is 5.32 Å². The smallest absolute Gasteiger partial charge is 0.331 e. The molecule has 0 bridgehead atoms. The quantitative estimate of drug-likeness (QED) is 0.609. The lowest BCUT2D eigenvalue weighted by Gasteiger charge is -2.22. The van der Waals surface area contributed by atoms with Crippen molar-refractivity contribution in [3.05, 3.63) is 66.2 Å². The van der Waals surface area contributed by atoms with Crippen molar-refractivity contribution in [2.75, 3.05) is 0 Å². The van der Waals surface area contributed by atoms with Gasteiger partial charge in [-0.2, -0.15) is 0 Å². The number of hydrogen-bond acceptors (Lipinski definition) is 4. The van der Waals surface area contributed by atoms with Gasteiger partial charge in [-0.1, -0.05) is 30.3 Å². The lowest BCUT2D eigenvalue weighted by atomic mass is 10.1. The Bertz CT molecular complexity index is 807. The third kappa shape index (κ3) is 7.36. The van der Waals surface area contributed by atoms with Gasteiger partial charge in [0.25, 0.3) is 5.91 Å². The lowest BCUT2D eigenvalue weighted by molar-refractivity contribution is -0.150. The summed E-state index contributed by atoms with van der Waals surface area (Å²) in [6, 6.07) is 16.8. The van der Waals surface area contributed by atoms with E-state index in [4.69, 9.17) is 9.47 Å². The molecule has 0 aliphatic carbocycles. The van der Waals surface area contributed by atoms with Crippen LogP contribution in [0.2, 0.25) is 0 Å². The molecule has 0 spiro atoms. The highest BCUT2D eigenvalue weighted by Crippen LogP contribution is 2.22. The average Bonchev–Trinajstić information content (AvgIpc) is 2.60. The maximum absolute atomic E-state index is 12.0. The van der Waals surface area contributed by atoms with Gasteiger partial charge in [0, 0.05) is 11.6 Å². The molecule has 2 aromatic carbocycles. The molecule has 0 aliphatic rings. The molecule has 0 saturated carbocycles. The van der Waals surface area contributed by atoms with Gasteiger partial charge >= 0.3 is 5.97 Å². The number of ether oxygens (including phenoxy) is 2. The van der Waals surface area contributed by atoms with Crippen LogP contribution in [0.3, 0.4) is 0 Å². The Labute approximate surface area is 160 Å². The van der Waals surface area contributed by atoms with Crippen LogP contribution >= 0.6 is 0 Å². The summed E-state index contributed by atoms with van der Waals surface area (Å²) in [6.07, 6.45) is 2.05. The minimum atomic E-state index is -0.867. The monoisotopic (exact) mass is 367 g/mol. The van der Waals surface area contributed by atoms with Gasteiger partial charge < -0.3 is 14.8 Å². The van der Waals surface area contributed by atoms with Gasteiger partial charge in [0.1, 0.15) is 11.5 Å². The zero-order valence-corrected chi connectivity index (χ0v) is 16.1. The number of amides is 1. The van der Waals surface area contributed by atoms with E-state index in [-0.39, 0.29) is 11.4 Å². The third-order valence-electron chi connectivity index (χ3n) is 3.41. The van der Waals surface area contributed by atoms with E-state index in [1.165, 1.54) is 6.08 Å². The summed E-state index contributed by atoms with van der Waals surface area (Å²) in [7, 11) is 0. The zero-order chi connectivity index (χ0) is 19.9. The summed E-state index contributed by atoms with van der Waals surface area (Å²) < 4.78 is 10.9. The van der Waals surface area contributed by atoms with Crippen LogP contribution in [-0.4, -0.2) is 23.5 Å². The van der Waals surface area contributed by atoms with Crippen LogP contribution in [0.4, 0.5) is 0 Å². The van der Waals surface area contributed by atoms with Gasteiger partial charge in [-0.15, -0.1) is 0 Å². The molecule has 142 valence electrons. The lowest BCUT2D eigenvalue weighted by Crippen LogP contribution is -2.46. The molecule has 5 heteroatoms. The second-order valence-electron chi connectivity index (χ2n) is 7.14. The van der Waals surface area contributed by atoms with E-state index in [1.807, 2.05) is 75.4 Å². The summed E-state index contributed by atoms with van der Waals surface area (Å²) in [5.74, 6) is 0.481. The van der Waals surface area contributed by atoms with E-state index in [2.05, 4.69) is 5.32 Å². The van der Waals surface area contributed by atoms with E-state index in [0.717, 1.165) is 11.3 Å². The van der Waals surface area contributed by atoms with Crippen molar-refractivity contribution in [3.8, 4) is 11.5 Å². The van der Waals surface area contributed by atoms with Crippen molar-refractivity contribution in [2.24, 2.45) is 0 Å². The Kier molecular flexibility index (Phi) is 6.77. The van der Waals surface area contributed by atoms with Gasteiger partial charge in [0.05, 0.1) is 0 Å². The molecule has 0 heterocycles. The first-order valence-electron chi connectivity index (χ1n) is 8.77. The molecular formula is C22H25NO4. The Balaban J connectivity index is 1.94. The Morgan fingerprint density at radius 2 is 1.67 bits per heavy atom. The van der Waals surface area contributed by atoms with E-state index < -0.39 is 12.1 Å². The maximum Gasteiger partial charge on any atom is 0.331 e. The number of esters is 1. The zero-order valence-electron chi connectivity index (χ0n) is 16.1. The molecule has 0 fully saturated rings. The normalized spacial score (nSPS) is 12.4. The van der Waals surface area contributed by atoms with Crippen molar-refractivity contribution in [2.45, 2.75) is 39.3 Å².